The minimum atomic E-state index is -0.506. The Kier molecular flexibility index (Phi) is 4.89. The SMILES string of the molecule is NCCCNC(=O)CCn1c(=O)[nH]c(=O)c2ccccc21. The van der Waals surface area contributed by atoms with E-state index < -0.39 is 11.2 Å². The maximum absolute atomic E-state index is 11.9. The van der Waals surface area contributed by atoms with Crippen molar-refractivity contribution in [2.45, 2.75) is 19.4 Å². The number of nitrogens with two attached hydrogens (primary N) is 1. The number of rotatable bonds is 6. The molecule has 2 rings (SSSR count). The maximum Gasteiger partial charge on any atom is 0.328 e. The molecule has 7 heteroatoms. The van der Waals surface area contributed by atoms with Crippen molar-refractivity contribution in [3.63, 3.8) is 0 Å². The summed E-state index contributed by atoms with van der Waals surface area (Å²) >= 11 is 0. The first-order valence-corrected chi connectivity index (χ1v) is 6.82. The van der Waals surface area contributed by atoms with E-state index in [1.165, 1.54) is 4.57 Å². The summed E-state index contributed by atoms with van der Waals surface area (Å²) in [5.74, 6) is -0.148. The fourth-order valence-electron chi connectivity index (χ4n) is 2.10. The number of hydrogen-bond donors (Lipinski definition) is 3. The highest BCUT2D eigenvalue weighted by Gasteiger charge is 2.08. The van der Waals surface area contributed by atoms with Gasteiger partial charge in [-0.15, -0.1) is 0 Å². The van der Waals surface area contributed by atoms with Crippen molar-refractivity contribution in [3.8, 4) is 0 Å². The second-order valence-corrected chi connectivity index (χ2v) is 4.67. The molecule has 0 aliphatic heterocycles. The number of aromatic nitrogens is 2. The maximum atomic E-state index is 11.9. The van der Waals surface area contributed by atoms with Gasteiger partial charge in [0.25, 0.3) is 5.56 Å². The quantitative estimate of drug-likeness (QED) is 0.625. The van der Waals surface area contributed by atoms with Gasteiger partial charge in [-0.05, 0) is 25.1 Å². The lowest BCUT2D eigenvalue weighted by Gasteiger charge is -2.09. The number of carbonyl (C=O) groups excluding carboxylic acids is 1. The molecule has 1 amide bonds. The second kappa shape index (κ2) is 6.85. The van der Waals surface area contributed by atoms with Gasteiger partial charge in [0.15, 0.2) is 0 Å². The van der Waals surface area contributed by atoms with Gasteiger partial charge in [-0.3, -0.25) is 19.1 Å². The van der Waals surface area contributed by atoms with Crippen molar-refractivity contribution in [3.05, 3.63) is 45.1 Å². The van der Waals surface area contributed by atoms with Gasteiger partial charge in [0.1, 0.15) is 0 Å². The molecule has 4 N–H and O–H groups in total. The summed E-state index contributed by atoms with van der Waals surface area (Å²) in [6, 6.07) is 6.81. The van der Waals surface area contributed by atoms with Crippen molar-refractivity contribution in [2.24, 2.45) is 5.73 Å². The molecule has 2 aromatic rings. The number of fused-ring (bicyclic) bond motifs is 1. The van der Waals surface area contributed by atoms with Crippen molar-refractivity contribution >= 4 is 16.8 Å². The summed E-state index contributed by atoms with van der Waals surface area (Å²) in [5.41, 5.74) is 4.95. The zero-order valence-electron chi connectivity index (χ0n) is 11.6. The van der Waals surface area contributed by atoms with Gasteiger partial charge < -0.3 is 11.1 Å². The van der Waals surface area contributed by atoms with Crippen LogP contribution < -0.4 is 22.3 Å². The summed E-state index contributed by atoms with van der Waals surface area (Å²) < 4.78 is 1.40. The van der Waals surface area contributed by atoms with Gasteiger partial charge in [0, 0.05) is 19.5 Å². The predicted octanol–water partition coefficient (Wildman–Crippen LogP) is -0.455. The van der Waals surface area contributed by atoms with E-state index in [0.29, 0.717) is 30.4 Å². The first-order valence-electron chi connectivity index (χ1n) is 6.82. The molecule has 0 atom stereocenters. The zero-order chi connectivity index (χ0) is 15.2. The Labute approximate surface area is 120 Å². The molecule has 1 aromatic heterocycles. The lowest BCUT2D eigenvalue weighted by Crippen LogP contribution is -2.33. The van der Waals surface area contributed by atoms with E-state index >= 15 is 0 Å². The third-order valence-electron chi connectivity index (χ3n) is 3.17. The number of carbonyl (C=O) groups is 1. The molecular weight excluding hydrogens is 272 g/mol. The summed E-state index contributed by atoms with van der Waals surface area (Å²) in [7, 11) is 0. The Bertz CT molecular complexity index is 748. The van der Waals surface area contributed by atoms with Gasteiger partial charge in [-0.1, -0.05) is 12.1 Å². The molecule has 7 nitrogen and oxygen atoms in total. The molecule has 0 bridgehead atoms. The summed E-state index contributed by atoms with van der Waals surface area (Å²) in [4.78, 5) is 37.5. The van der Waals surface area contributed by atoms with Gasteiger partial charge in [-0.2, -0.15) is 0 Å². The number of nitrogens with zero attached hydrogens (tertiary/aromatic N) is 1. The Balaban J connectivity index is 2.17. The number of aryl methyl sites for hydroxylation is 1. The van der Waals surface area contributed by atoms with E-state index in [-0.39, 0.29) is 18.9 Å². The monoisotopic (exact) mass is 290 g/mol. The van der Waals surface area contributed by atoms with Crippen LogP contribution in [0.5, 0.6) is 0 Å². The third-order valence-corrected chi connectivity index (χ3v) is 3.17. The molecular formula is C14H18N4O3. The highest BCUT2D eigenvalue weighted by molar-refractivity contribution is 5.78. The summed E-state index contributed by atoms with van der Waals surface area (Å²) in [5, 5.41) is 3.16. The molecule has 0 radical (unpaired) electrons. The third kappa shape index (κ3) is 3.57. The largest absolute Gasteiger partial charge is 0.356 e. The van der Waals surface area contributed by atoms with Crippen LogP contribution in [0.3, 0.4) is 0 Å². The fraction of sp³-hybridized carbons (Fsp3) is 0.357. The molecule has 0 saturated carbocycles. The first kappa shape index (κ1) is 15.0. The van der Waals surface area contributed by atoms with Crippen LogP contribution in [0, 0.1) is 0 Å². The average molecular weight is 290 g/mol. The molecule has 1 aromatic carbocycles. The van der Waals surface area contributed by atoms with Crippen LogP contribution in [0.15, 0.2) is 33.9 Å². The Morgan fingerprint density at radius 2 is 2.05 bits per heavy atom. The van der Waals surface area contributed by atoms with E-state index in [1.54, 1.807) is 24.3 Å². The van der Waals surface area contributed by atoms with E-state index in [4.69, 9.17) is 5.73 Å². The molecule has 0 spiro atoms. The lowest BCUT2D eigenvalue weighted by atomic mass is 10.2. The number of amides is 1. The van der Waals surface area contributed by atoms with Crippen molar-refractivity contribution in [1.29, 1.82) is 0 Å². The van der Waals surface area contributed by atoms with Crippen molar-refractivity contribution in [2.75, 3.05) is 13.1 Å². The van der Waals surface area contributed by atoms with Crippen LogP contribution in [-0.4, -0.2) is 28.5 Å². The normalized spacial score (nSPS) is 10.7. The highest BCUT2D eigenvalue weighted by atomic mass is 16.2. The van der Waals surface area contributed by atoms with Crippen LogP contribution in [-0.2, 0) is 11.3 Å². The number of H-pyrrole nitrogens is 1. The van der Waals surface area contributed by atoms with Crippen LogP contribution in [0.25, 0.3) is 10.9 Å². The zero-order valence-corrected chi connectivity index (χ0v) is 11.6. The van der Waals surface area contributed by atoms with Crippen molar-refractivity contribution < 1.29 is 4.79 Å². The first-order chi connectivity index (χ1) is 10.1. The molecule has 0 fully saturated rings. The smallest absolute Gasteiger partial charge is 0.328 e. The van der Waals surface area contributed by atoms with Crippen molar-refractivity contribution in [1.82, 2.24) is 14.9 Å². The Hall–Kier alpha value is -2.41. The Morgan fingerprint density at radius 1 is 1.29 bits per heavy atom. The molecule has 0 saturated heterocycles. The summed E-state index contributed by atoms with van der Waals surface area (Å²) in [6.45, 7) is 1.26. The van der Waals surface area contributed by atoms with Gasteiger partial charge in [-0.25, -0.2) is 4.79 Å². The van der Waals surface area contributed by atoms with E-state index in [9.17, 15) is 14.4 Å². The molecule has 1 heterocycles. The van der Waals surface area contributed by atoms with Gasteiger partial charge in [0.05, 0.1) is 10.9 Å². The van der Waals surface area contributed by atoms with Gasteiger partial charge >= 0.3 is 5.69 Å². The minimum Gasteiger partial charge on any atom is -0.356 e. The van der Waals surface area contributed by atoms with E-state index in [0.717, 1.165) is 0 Å². The van der Waals surface area contributed by atoms with Crippen LogP contribution in [0.4, 0.5) is 0 Å². The molecule has 112 valence electrons. The number of aromatic amines is 1. The Morgan fingerprint density at radius 3 is 2.81 bits per heavy atom. The lowest BCUT2D eigenvalue weighted by molar-refractivity contribution is -0.121. The average Bonchev–Trinajstić information content (AvgIpc) is 2.47. The van der Waals surface area contributed by atoms with Crippen LogP contribution in [0.1, 0.15) is 12.8 Å². The minimum absolute atomic E-state index is 0.148. The fourth-order valence-corrected chi connectivity index (χ4v) is 2.10. The topological polar surface area (TPSA) is 110 Å². The predicted molar refractivity (Wildman–Crippen MR) is 80.1 cm³/mol. The molecule has 0 aliphatic rings. The number of benzene rings is 1. The number of para-hydroxylation sites is 1. The van der Waals surface area contributed by atoms with Gasteiger partial charge in [0.2, 0.25) is 5.91 Å². The molecule has 21 heavy (non-hydrogen) atoms. The van der Waals surface area contributed by atoms with Crippen LogP contribution >= 0.6 is 0 Å². The molecule has 0 unspecified atom stereocenters. The van der Waals surface area contributed by atoms with E-state index in [2.05, 4.69) is 10.3 Å². The number of hydrogen-bond acceptors (Lipinski definition) is 4. The number of nitrogens with one attached hydrogen (secondary N) is 2. The second-order valence-electron chi connectivity index (χ2n) is 4.67. The van der Waals surface area contributed by atoms with E-state index in [1.807, 2.05) is 0 Å². The standard InChI is InChI=1S/C14H18N4O3/c15-7-3-8-16-12(19)6-9-18-11-5-2-1-4-10(11)13(20)17-14(18)21/h1-2,4-5H,3,6-9,15H2,(H,16,19)(H,17,20,21). The highest BCUT2D eigenvalue weighted by Crippen LogP contribution is 2.06. The molecule has 0 aliphatic carbocycles. The summed E-state index contributed by atoms with van der Waals surface area (Å²) in [6.07, 6.45) is 0.883. The van der Waals surface area contributed by atoms with Crippen LogP contribution in [0.2, 0.25) is 0 Å².